The van der Waals surface area contributed by atoms with E-state index in [0.717, 1.165) is 11.1 Å². The summed E-state index contributed by atoms with van der Waals surface area (Å²) in [6.45, 7) is 2.16. The van der Waals surface area contributed by atoms with Crippen molar-refractivity contribution in [2.24, 2.45) is 5.73 Å². The highest BCUT2D eigenvalue weighted by atomic mass is 79.9. The number of benzene rings is 2. The molecule has 1 atom stereocenters. The molecule has 0 aromatic heterocycles. The lowest BCUT2D eigenvalue weighted by molar-refractivity contribution is 0.283. The van der Waals surface area contributed by atoms with Crippen molar-refractivity contribution in [1.29, 1.82) is 0 Å². The zero-order chi connectivity index (χ0) is 15.4. The molecule has 0 radical (unpaired) electrons. The third-order valence-electron chi connectivity index (χ3n) is 3.03. The van der Waals surface area contributed by atoms with E-state index in [2.05, 4.69) is 15.9 Å². The summed E-state index contributed by atoms with van der Waals surface area (Å²) >= 11 is 3.26. The van der Waals surface area contributed by atoms with Gasteiger partial charge in [-0.1, -0.05) is 22.0 Å². The fraction of sp³-hybridized carbons (Fsp3) is 0.250. The van der Waals surface area contributed by atoms with Crippen molar-refractivity contribution in [3.63, 3.8) is 0 Å². The van der Waals surface area contributed by atoms with Crippen LogP contribution in [0.25, 0.3) is 0 Å². The molecule has 2 aromatic rings. The topological polar surface area (TPSA) is 44.5 Å². The lowest BCUT2D eigenvalue weighted by atomic mass is 10.1. The Labute approximate surface area is 132 Å². The minimum atomic E-state index is -0.303. The highest BCUT2D eigenvalue weighted by molar-refractivity contribution is 9.10. The number of rotatable bonds is 5. The maximum Gasteiger partial charge on any atom is 0.161 e. The molecule has 2 N–H and O–H groups in total. The van der Waals surface area contributed by atoms with Crippen molar-refractivity contribution in [3.05, 3.63) is 57.8 Å². The Morgan fingerprint density at radius 2 is 1.95 bits per heavy atom. The first kappa shape index (κ1) is 15.8. The van der Waals surface area contributed by atoms with Crippen molar-refractivity contribution in [2.45, 2.75) is 19.6 Å². The molecule has 2 aromatic carbocycles. The minimum absolute atomic E-state index is 0.0767. The Morgan fingerprint density at radius 1 is 1.19 bits per heavy atom. The smallest absolute Gasteiger partial charge is 0.161 e. The van der Waals surface area contributed by atoms with Crippen LogP contribution in [0.15, 0.2) is 40.9 Å². The lowest BCUT2D eigenvalue weighted by Gasteiger charge is -2.14. The van der Waals surface area contributed by atoms with Gasteiger partial charge in [-0.05, 0) is 48.4 Å². The lowest BCUT2D eigenvalue weighted by Crippen LogP contribution is -2.05. The third-order valence-corrected chi connectivity index (χ3v) is 3.49. The summed E-state index contributed by atoms with van der Waals surface area (Å²) in [6, 6.07) is 10.1. The summed E-state index contributed by atoms with van der Waals surface area (Å²) < 4.78 is 25.0. The number of hydrogen-bond acceptors (Lipinski definition) is 3. The number of methoxy groups -OCH3 is 1. The van der Waals surface area contributed by atoms with Crippen molar-refractivity contribution >= 4 is 15.9 Å². The molecule has 21 heavy (non-hydrogen) atoms. The van der Waals surface area contributed by atoms with E-state index in [1.54, 1.807) is 7.11 Å². The molecule has 0 fully saturated rings. The van der Waals surface area contributed by atoms with E-state index in [0.29, 0.717) is 16.0 Å². The van der Waals surface area contributed by atoms with Gasteiger partial charge in [0.1, 0.15) is 12.4 Å². The van der Waals surface area contributed by atoms with Gasteiger partial charge in [-0.3, -0.25) is 0 Å². The highest BCUT2D eigenvalue weighted by Crippen LogP contribution is 2.30. The Balaban J connectivity index is 2.15. The predicted molar refractivity (Wildman–Crippen MR) is 84.0 cm³/mol. The number of nitrogens with two attached hydrogens (primary N) is 1. The van der Waals surface area contributed by atoms with Gasteiger partial charge < -0.3 is 15.2 Å². The molecule has 0 amide bonds. The van der Waals surface area contributed by atoms with E-state index in [4.69, 9.17) is 15.2 Å². The van der Waals surface area contributed by atoms with Crippen LogP contribution in [0.3, 0.4) is 0 Å². The maximum absolute atomic E-state index is 13.3. The summed E-state index contributed by atoms with van der Waals surface area (Å²) in [5, 5.41) is 0. The molecule has 2 rings (SSSR count). The maximum atomic E-state index is 13.3. The van der Waals surface area contributed by atoms with E-state index in [9.17, 15) is 4.39 Å². The van der Waals surface area contributed by atoms with Gasteiger partial charge in [0.15, 0.2) is 11.5 Å². The van der Waals surface area contributed by atoms with Gasteiger partial charge in [0.2, 0.25) is 0 Å². The Morgan fingerprint density at radius 3 is 2.57 bits per heavy atom. The summed E-state index contributed by atoms with van der Waals surface area (Å²) in [5.41, 5.74) is 7.54. The second-order valence-electron chi connectivity index (χ2n) is 4.77. The normalized spacial score (nSPS) is 12.0. The van der Waals surface area contributed by atoms with Crippen molar-refractivity contribution in [3.8, 4) is 11.5 Å². The highest BCUT2D eigenvalue weighted by Gasteiger charge is 2.09. The SMILES string of the molecule is COc1cc(C(C)N)ccc1OCc1cc(F)cc(Br)c1. The predicted octanol–water partition coefficient (Wildman–Crippen LogP) is 4.20. The molecule has 0 aliphatic heterocycles. The summed E-state index contributed by atoms with van der Waals surface area (Å²) in [6.07, 6.45) is 0. The first-order chi connectivity index (χ1) is 9.99. The van der Waals surface area contributed by atoms with Gasteiger partial charge >= 0.3 is 0 Å². The van der Waals surface area contributed by atoms with Gasteiger partial charge in [0, 0.05) is 10.5 Å². The Kier molecular flexibility index (Phi) is 5.20. The van der Waals surface area contributed by atoms with E-state index >= 15 is 0 Å². The van der Waals surface area contributed by atoms with E-state index < -0.39 is 0 Å². The molecule has 0 bridgehead atoms. The summed E-state index contributed by atoms with van der Waals surface area (Å²) in [7, 11) is 1.58. The minimum Gasteiger partial charge on any atom is -0.493 e. The monoisotopic (exact) mass is 353 g/mol. The summed E-state index contributed by atoms with van der Waals surface area (Å²) in [4.78, 5) is 0. The van der Waals surface area contributed by atoms with Crippen LogP contribution < -0.4 is 15.2 Å². The summed E-state index contributed by atoms with van der Waals surface area (Å²) in [5.74, 6) is 0.907. The van der Waals surface area contributed by atoms with E-state index in [1.165, 1.54) is 12.1 Å². The standard InChI is InChI=1S/C16H17BrFNO2/c1-10(19)12-3-4-15(16(7-12)20-2)21-9-11-5-13(17)8-14(18)6-11/h3-8,10H,9,19H2,1-2H3. The Bertz CT molecular complexity index is 611. The number of halogens is 2. The van der Waals surface area contributed by atoms with Crippen LogP contribution in [0.4, 0.5) is 4.39 Å². The average Bonchev–Trinajstić information content (AvgIpc) is 2.43. The molecule has 0 saturated heterocycles. The Hall–Kier alpha value is -1.59. The van der Waals surface area contributed by atoms with E-state index in [1.807, 2.05) is 31.2 Å². The van der Waals surface area contributed by atoms with Crippen LogP contribution >= 0.6 is 15.9 Å². The molecular formula is C16H17BrFNO2. The van der Waals surface area contributed by atoms with Gasteiger partial charge in [-0.2, -0.15) is 0 Å². The number of ether oxygens (including phenoxy) is 2. The largest absolute Gasteiger partial charge is 0.493 e. The van der Waals surface area contributed by atoms with Crippen LogP contribution in [0, 0.1) is 5.82 Å². The molecule has 3 nitrogen and oxygen atoms in total. The van der Waals surface area contributed by atoms with Crippen LogP contribution in [-0.2, 0) is 6.61 Å². The van der Waals surface area contributed by atoms with Crippen molar-refractivity contribution in [1.82, 2.24) is 0 Å². The molecule has 1 unspecified atom stereocenters. The second-order valence-corrected chi connectivity index (χ2v) is 5.68. The fourth-order valence-corrected chi connectivity index (χ4v) is 2.45. The average molecular weight is 354 g/mol. The van der Waals surface area contributed by atoms with Gasteiger partial charge in [0.25, 0.3) is 0 Å². The van der Waals surface area contributed by atoms with Gasteiger partial charge in [0.05, 0.1) is 7.11 Å². The van der Waals surface area contributed by atoms with Crippen LogP contribution in [0.1, 0.15) is 24.1 Å². The van der Waals surface area contributed by atoms with Crippen LogP contribution in [0.5, 0.6) is 11.5 Å². The molecule has 0 aliphatic carbocycles. The van der Waals surface area contributed by atoms with E-state index in [-0.39, 0.29) is 18.5 Å². The third kappa shape index (κ3) is 4.19. The molecule has 5 heteroatoms. The zero-order valence-electron chi connectivity index (χ0n) is 11.9. The van der Waals surface area contributed by atoms with Gasteiger partial charge in [-0.25, -0.2) is 4.39 Å². The fourth-order valence-electron chi connectivity index (χ4n) is 1.94. The van der Waals surface area contributed by atoms with Crippen molar-refractivity contribution in [2.75, 3.05) is 7.11 Å². The first-order valence-electron chi connectivity index (χ1n) is 6.51. The van der Waals surface area contributed by atoms with Crippen LogP contribution in [-0.4, -0.2) is 7.11 Å². The van der Waals surface area contributed by atoms with Crippen LogP contribution in [0.2, 0.25) is 0 Å². The molecule has 0 heterocycles. The molecule has 0 spiro atoms. The molecule has 112 valence electrons. The molecular weight excluding hydrogens is 337 g/mol. The zero-order valence-corrected chi connectivity index (χ0v) is 13.5. The molecule has 0 aliphatic rings. The van der Waals surface area contributed by atoms with Gasteiger partial charge in [-0.15, -0.1) is 0 Å². The number of hydrogen-bond donors (Lipinski definition) is 1. The van der Waals surface area contributed by atoms with Crippen molar-refractivity contribution < 1.29 is 13.9 Å². The molecule has 0 saturated carbocycles. The quantitative estimate of drug-likeness (QED) is 0.876. The second kappa shape index (κ2) is 6.91. The first-order valence-corrected chi connectivity index (χ1v) is 7.30.